The van der Waals surface area contributed by atoms with Crippen molar-refractivity contribution in [2.24, 2.45) is 0 Å². The number of carbonyl (C=O) groups is 2. The van der Waals surface area contributed by atoms with Crippen molar-refractivity contribution < 1.29 is 14.7 Å². The second-order valence-corrected chi connectivity index (χ2v) is 6.04. The summed E-state index contributed by atoms with van der Waals surface area (Å²) in [7, 11) is 0. The maximum atomic E-state index is 11.1. The molecule has 0 radical (unpaired) electrons. The highest BCUT2D eigenvalue weighted by atomic mass is 32.1. The Morgan fingerprint density at radius 1 is 1.35 bits per heavy atom. The van der Waals surface area contributed by atoms with Crippen LogP contribution >= 0.6 is 11.3 Å². The van der Waals surface area contributed by atoms with Gasteiger partial charge in [0.05, 0.1) is 0 Å². The van der Waals surface area contributed by atoms with Gasteiger partial charge in [-0.1, -0.05) is 20.8 Å². The third kappa shape index (κ3) is 3.56. The summed E-state index contributed by atoms with van der Waals surface area (Å²) in [6, 6.07) is 2.73. The minimum Gasteiger partial charge on any atom is -0.479 e. The molecule has 5 heteroatoms. The summed E-state index contributed by atoms with van der Waals surface area (Å²) in [5.74, 6) is -1.38. The van der Waals surface area contributed by atoms with Gasteiger partial charge in [0.25, 0.3) is 0 Å². The number of aliphatic carboxylic acids is 1. The monoisotopic (exact) mass is 255 g/mol. The summed E-state index contributed by atoms with van der Waals surface area (Å²) < 4.78 is 0. The molecule has 1 amide bonds. The number of amides is 1. The van der Waals surface area contributed by atoms with E-state index >= 15 is 0 Å². The van der Waals surface area contributed by atoms with Gasteiger partial charge in [0.1, 0.15) is 0 Å². The Bertz CT molecular complexity index is 431. The molecule has 0 aliphatic heterocycles. The maximum absolute atomic E-state index is 11.1. The Morgan fingerprint density at radius 2 is 1.94 bits per heavy atom. The van der Waals surface area contributed by atoms with Crippen LogP contribution in [0.1, 0.15) is 43.5 Å². The van der Waals surface area contributed by atoms with E-state index in [4.69, 9.17) is 5.11 Å². The lowest BCUT2D eigenvalue weighted by Gasteiger charge is -2.16. The van der Waals surface area contributed by atoms with Crippen molar-refractivity contribution in [1.29, 1.82) is 0 Å². The summed E-state index contributed by atoms with van der Waals surface area (Å²) in [5.41, 5.74) is -0.0117. The zero-order chi connectivity index (χ0) is 13.2. The number of rotatable bonds is 3. The van der Waals surface area contributed by atoms with Crippen molar-refractivity contribution in [3.8, 4) is 0 Å². The van der Waals surface area contributed by atoms with E-state index in [0.717, 1.165) is 4.88 Å². The molecular formula is C12H17NO3S. The fourth-order valence-corrected chi connectivity index (χ4v) is 2.48. The standard InChI is InChI=1S/C12H17NO3S/c1-7(14)13-10(11(15)16)8-5-6-9(17-8)12(2,3)4/h5-6,10H,1-4H3,(H,13,14)(H,15,16). The fourth-order valence-electron chi connectivity index (χ4n) is 1.37. The number of hydrogen-bond donors (Lipinski definition) is 2. The van der Waals surface area contributed by atoms with Crippen LogP contribution in [0.3, 0.4) is 0 Å². The summed E-state index contributed by atoms with van der Waals surface area (Å²) in [6.45, 7) is 7.51. The molecule has 0 aliphatic carbocycles. The molecule has 4 nitrogen and oxygen atoms in total. The van der Waals surface area contributed by atoms with Gasteiger partial charge < -0.3 is 10.4 Å². The zero-order valence-corrected chi connectivity index (χ0v) is 11.2. The second-order valence-electron chi connectivity index (χ2n) is 4.92. The van der Waals surface area contributed by atoms with E-state index in [1.807, 2.05) is 6.07 Å². The van der Waals surface area contributed by atoms with Crippen molar-refractivity contribution in [3.63, 3.8) is 0 Å². The largest absolute Gasteiger partial charge is 0.479 e. The molecule has 0 fully saturated rings. The molecule has 1 aromatic rings. The highest BCUT2D eigenvalue weighted by Gasteiger charge is 2.25. The van der Waals surface area contributed by atoms with Crippen molar-refractivity contribution in [2.75, 3.05) is 0 Å². The maximum Gasteiger partial charge on any atom is 0.331 e. The second kappa shape index (κ2) is 4.87. The van der Waals surface area contributed by atoms with Gasteiger partial charge in [-0.2, -0.15) is 0 Å². The highest BCUT2D eigenvalue weighted by molar-refractivity contribution is 7.12. The fraction of sp³-hybridized carbons (Fsp3) is 0.500. The van der Waals surface area contributed by atoms with Crippen molar-refractivity contribution >= 4 is 23.2 Å². The van der Waals surface area contributed by atoms with Crippen LogP contribution in [-0.4, -0.2) is 17.0 Å². The first-order valence-corrected chi connectivity index (χ1v) is 6.13. The van der Waals surface area contributed by atoms with E-state index in [1.165, 1.54) is 18.3 Å². The highest BCUT2D eigenvalue weighted by Crippen LogP contribution is 2.32. The average Bonchev–Trinajstić information content (AvgIpc) is 2.60. The third-order valence-electron chi connectivity index (χ3n) is 2.25. The predicted octanol–water partition coefficient (Wildman–Crippen LogP) is 2.31. The molecule has 1 aromatic heterocycles. The molecule has 0 bridgehead atoms. The lowest BCUT2D eigenvalue weighted by Crippen LogP contribution is -2.31. The molecule has 17 heavy (non-hydrogen) atoms. The number of carbonyl (C=O) groups excluding carboxylic acids is 1. The predicted molar refractivity (Wildman–Crippen MR) is 67.2 cm³/mol. The van der Waals surface area contributed by atoms with E-state index in [2.05, 4.69) is 26.1 Å². The zero-order valence-electron chi connectivity index (χ0n) is 10.4. The SMILES string of the molecule is CC(=O)NC(C(=O)O)c1ccc(C(C)(C)C)s1. The minimum absolute atomic E-state index is 0.0117. The summed E-state index contributed by atoms with van der Waals surface area (Å²) >= 11 is 1.42. The minimum atomic E-state index is -1.04. The van der Waals surface area contributed by atoms with Gasteiger partial charge in [-0.25, -0.2) is 4.79 Å². The Hall–Kier alpha value is -1.36. The van der Waals surface area contributed by atoms with Gasteiger partial charge >= 0.3 is 5.97 Å². The molecule has 0 saturated carbocycles. The van der Waals surface area contributed by atoms with Crippen LogP contribution in [0.25, 0.3) is 0 Å². The quantitative estimate of drug-likeness (QED) is 0.871. The number of carboxylic acids is 1. The van der Waals surface area contributed by atoms with Crippen LogP contribution in [0.15, 0.2) is 12.1 Å². The third-order valence-corrected chi connectivity index (χ3v) is 3.82. The number of carboxylic acid groups (broad SMARTS) is 1. The molecule has 0 saturated heterocycles. The molecule has 0 aliphatic rings. The van der Waals surface area contributed by atoms with Crippen LogP contribution < -0.4 is 5.32 Å². The Labute approximate surface area is 105 Å². The van der Waals surface area contributed by atoms with Gasteiger partial charge in [-0.05, 0) is 17.5 Å². The van der Waals surface area contributed by atoms with Crippen molar-refractivity contribution in [2.45, 2.75) is 39.2 Å². The Balaban J connectivity index is 3.00. The van der Waals surface area contributed by atoms with E-state index in [-0.39, 0.29) is 11.3 Å². The molecule has 1 unspecified atom stereocenters. The molecular weight excluding hydrogens is 238 g/mol. The first-order chi connectivity index (χ1) is 7.71. The summed E-state index contributed by atoms with van der Waals surface area (Å²) in [4.78, 5) is 23.8. The number of hydrogen-bond acceptors (Lipinski definition) is 3. The molecule has 2 N–H and O–H groups in total. The Kier molecular flexibility index (Phi) is 3.93. The van der Waals surface area contributed by atoms with E-state index < -0.39 is 12.0 Å². The van der Waals surface area contributed by atoms with Crippen LogP contribution in [0.5, 0.6) is 0 Å². The number of thiophene rings is 1. The van der Waals surface area contributed by atoms with Crippen LogP contribution in [-0.2, 0) is 15.0 Å². The number of nitrogens with one attached hydrogen (secondary N) is 1. The van der Waals surface area contributed by atoms with Gasteiger partial charge in [0.15, 0.2) is 6.04 Å². The molecule has 0 aromatic carbocycles. The Morgan fingerprint density at radius 3 is 2.29 bits per heavy atom. The molecule has 1 atom stereocenters. The van der Waals surface area contributed by atoms with Gasteiger partial charge in [-0.15, -0.1) is 11.3 Å². The van der Waals surface area contributed by atoms with Gasteiger partial charge in [0.2, 0.25) is 5.91 Å². The lowest BCUT2D eigenvalue weighted by molar-refractivity contribution is -0.141. The molecule has 1 heterocycles. The topological polar surface area (TPSA) is 66.4 Å². The first-order valence-electron chi connectivity index (χ1n) is 5.32. The molecule has 0 spiro atoms. The van der Waals surface area contributed by atoms with Crippen LogP contribution in [0, 0.1) is 0 Å². The van der Waals surface area contributed by atoms with Crippen LogP contribution in [0.2, 0.25) is 0 Å². The lowest BCUT2D eigenvalue weighted by atomic mass is 9.95. The summed E-state index contributed by atoms with van der Waals surface area (Å²) in [5, 5.41) is 11.5. The van der Waals surface area contributed by atoms with E-state index in [0.29, 0.717) is 4.88 Å². The van der Waals surface area contributed by atoms with Crippen molar-refractivity contribution in [1.82, 2.24) is 5.32 Å². The first kappa shape index (κ1) is 13.7. The summed E-state index contributed by atoms with van der Waals surface area (Å²) in [6.07, 6.45) is 0. The molecule has 94 valence electrons. The smallest absolute Gasteiger partial charge is 0.331 e. The van der Waals surface area contributed by atoms with Crippen molar-refractivity contribution in [3.05, 3.63) is 21.9 Å². The van der Waals surface area contributed by atoms with Gasteiger partial charge in [-0.3, -0.25) is 4.79 Å². The van der Waals surface area contributed by atoms with E-state index in [9.17, 15) is 9.59 Å². The van der Waals surface area contributed by atoms with Crippen LogP contribution in [0.4, 0.5) is 0 Å². The molecule has 1 rings (SSSR count). The average molecular weight is 255 g/mol. The normalized spacial score (nSPS) is 13.2. The van der Waals surface area contributed by atoms with E-state index in [1.54, 1.807) is 6.07 Å². The van der Waals surface area contributed by atoms with Gasteiger partial charge in [0, 0.05) is 16.7 Å².